The van der Waals surface area contributed by atoms with Crippen LogP contribution in [-0.4, -0.2) is 37.9 Å². The van der Waals surface area contributed by atoms with Crippen molar-refractivity contribution in [2.75, 3.05) is 11.4 Å². The van der Waals surface area contributed by atoms with Crippen LogP contribution in [0, 0.1) is 3.70 Å². The van der Waals surface area contributed by atoms with Crippen LogP contribution >= 0.6 is 35.2 Å². The van der Waals surface area contributed by atoms with Gasteiger partial charge in [0.1, 0.15) is 10.0 Å². The Kier molecular flexibility index (Phi) is 2.69. The van der Waals surface area contributed by atoms with Crippen molar-refractivity contribution >= 4 is 58.0 Å². The van der Waals surface area contributed by atoms with E-state index >= 15 is 0 Å². The molecule has 0 bridgehead atoms. The van der Waals surface area contributed by atoms with Crippen molar-refractivity contribution in [1.82, 2.24) is 20.2 Å². The number of halogens is 1. The number of aromatic amines is 1. The highest BCUT2D eigenvalue weighted by Crippen LogP contribution is 2.29. The van der Waals surface area contributed by atoms with Crippen molar-refractivity contribution in [1.29, 1.82) is 0 Å². The van der Waals surface area contributed by atoms with Gasteiger partial charge < -0.3 is 0 Å². The first-order valence-electron chi connectivity index (χ1n) is 5.00. The molecule has 1 amide bonds. The average molecular weight is 361 g/mol. The maximum atomic E-state index is 11.8. The van der Waals surface area contributed by atoms with Gasteiger partial charge in [0.05, 0.1) is 5.39 Å². The second-order valence-electron chi connectivity index (χ2n) is 3.80. The predicted octanol–water partition coefficient (Wildman–Crippen LogP) is 0.993. The molecular weight excluding hydrogens is 353 g/mol. The molecule has 3 rings (SSSR count). The second kappa shape index (κ2) is 4.09. The van der Waals surface area contributed by atoms with Crippen LogP contribution in [0.1, 0.15) is 6.42 Å². The van der Waals surface area contributed by atoms with Gasteiger partial charge in [-0.2, -0.15) is 17.7 Å². The number of nitrogens with one attached hydrogen (secondary N) is 1. The fraction of sp³-hybridized carbons (Fsp3) is 0.333. The van der Waals surface area contributed by atoms with Crippen molar-refractivity contribution in [2.45, 2.75) is 11.7 Å². The zero-order chi connectivity index (χ0) is 12.0. The van der Waals surface area contributed by atoms with E-state index in [-0.39, 0.29) is 11.2 Å². The van der Waals surface area contributed by atoms with Gasteiger partial charge >= 0.3 is 0 Å². The van der Waals surface area contributed by atoms with Gasteiger partial charge in [0.15, 0.2) is 11.5 Å². The van der Waals surface area contributed by atoms with Crippen LogP contribution in [0.15, 0.2) is 6.33 Å². The van der Waals surface area contributed by atoms with Crippen LogP contribution in [0.4, 0.5) is 5.82 Å². The lowest BCUT2D eigenvalue weighted by molar-refractivity contribution is -0.117. The molecule has 0 aromatic carbocycles. The Labute approximate surface area is 116 Å². The summed E-state index contributed by atoms with van der Waals surface area (Å²) < 4.78 is 0.837. The minimum Gasteiger partial charge on any atom is -0.295 e. The van der Waals surface area contributed by atoms with Gasteiger partial charge in [0.2, 0.25) is 5.91 Å². The molecule has 2 aromatic rings. The number of hydrogen-bond acceptors (Lipinski definition) is 5. The van der Waals surface area contributed by atoms with E-state index < -0.39 is 0 Å². The van der Waals surface area contributed by atoms with Gasteiger partial charge in [-0.15, -0.1) is 0 Å². The van der Waals surface area contributed by atoms with E-state index in [0.29, 0.717) is 24.4 Å². The Bertz CT molecular complexity index is 600. The molecular formula is C9H8IN5OS. The van der Waals surface area contributed by atoms with E-state index in [1.807, 2.05) is 0 Å². The summed E-state index contributed by atoms with van der Waals surface area (Å²) in [6.45, 7) is 0.579. The zero-order valence-corrected chi connectivity index (χ0v) is 11.6. The molecule has 1 aliphatic rings. The molecule has 0 aliphatic carbocycles. The third-order valence-corrected chi connectivity index (χ3v) is 3.77. The maximum absolute atomic E-state index is 11.8. The molecule has 1 atom stereocenters. The molecule has 0 radical (unpaired) electrons. The standard InChI is InChI=1S/C9H8IN5OS/c10-7-6-8(14-13-7)11-3-12-9(6)15-2-4(17)1-5(15)16/h3-4,17H,1-2H2,(H,11,12,13,14). The normalized spacial score (nSPS) is 20.5. The van der Waals surface area contributed by atoms with Crippen molar-refractivity contribution in [3.05, 3.63) is 10.0 Å². The summed E-state index contributed by atoms with van der Waals surface area (Å²) in [6, 6.07) is 0. The third-order valence-electron chi connectivity index (χ3n) is 2.65. The van der Waals surface area contributed by atoms with Gasteiger partial charge in [-0.3, -0.25) is 14.8 Å². The van der Waals surface area contributed by atoms with Gasteiger partial charge in [-0.25, -0.2) is 9.97 Å². The van der Waals surface area contributed by atoms with Gasteiger partial charge in [0.25, 0.3) is 0 Å². The van der Waals surface area contributed by atoms with Crippen molar-refractivity contribution in [3.63, 3.8) is 0 Å². The fourth-order valence-electron chi connectivity index (χ4n) is 1.90. The molecule has 6 nitrogen and oxygen atoms in total. The van der Waals surface area contributed by atoms with Crippen LogP contribution < -0.4 is 4.90 Å². The first-order valence-corrected chi connectivity index (χ1v) is 6.59. The fourth-order valence-corrected chi connectivity index (χ4v) is 2.83. The largest absolute Gasteiger partial charge is 0.295 e. The zero-order valence-electron chi connectivity index (χ0n) is 8.59. The molecule has 1 fully saturated rings. The lowest BCUT2D eigenvalue weighted by Gasteiger charge is -2.15. The molecule has 3 heterocycles. The number of carbonyl (C=O) groups is 1. The van der Waals surface area contributed by atoms with Gasteiger partial charge in [-0.1, -0.05) is 0 Å². The van der Waals surface area contributed by atoms with Crippen LogP contribution in [0.5, 0.6) is 0 Å². The van der Waals surface area contributed by atoms with Crippen molar-refractivity contribution in [2.24, 2.45) is 0 Å². The third kappa shape index (κ3) is 1.79. The molecule has 0 saturated carbocycles. The summed E-state index contributed by atoms with van der Waals surface area (Å²) in [5.41, 5.74) is 0.579. The first kappa shape index (κ1) is 11.2. The number of H-pyrrole nitrogens is 1. The molecule has 0 spiro atoms. The molecule has 2 aromatic heterocycles. The molecule has 17 heavy (non-hydrogen) atoms. The van der Waals surface area contributed by atoms with Gasteiger partial charge in [-0.05, 0) is 22.6 Å². The van der Waals surface area contributed by atoms with Crippen LogP contribution in [0.25, 0.3) is 11.0 Å². The number of rotatable bonds is 1. The summed E-state index contributed by atoms with van der Waals surface area (Å²) >= 11 is 6.46. The van der Waals surface area contributed by atoms with Crippen molar-refractivity contribution in [3.8, 4) is 0 Å². The highest BCUT2D eigenvalue weighted by molar-refractivity contribution is 14.1. The Morgan fingerprint density at radius 2 is 2.35 bits per heavy atom. The molecule has 88 valence electrons. The van der Waals surface area contributed by atoms with Crippen LogP contribution in [0.3, 0.4) is 0 Å². The number of carbonyl (C=O) groups excluding carboxylic acids is 1. The number of hydrogen-bond donors (Lipinski definition) is 2. The highest BCUT2D eigenvalue weighted by atomic mass is 127. The van der Waals surface area contributed by atoms with Crippen LogP contribution in [-0.2, 0) is 4.79 Å². The number of nitrogens with zero attached hydrogens (tertiary/aromatic N) is 4. The van der Waals surface area contributed by atoms with E-state index in [4.69, 9.17) is 0 Å². The molecule has 1 saturated heterocycles. The monoisotopic (exact) mass is 361 g/mol. The number of thiol groups is 1. The minimum atomic E-state index is 0.0435. The Morgan fingerprint density at radius 3 is 3.06 bits per heavy atom. The highest BCUT2D eigenvalue weighted by Gasteiger charge is 2.31. The second-order valence-corrected chi connectivity index (χ2v) is 5.60. The minimum absolute atomic E-state index is 0.0435. The summed E-state index contributed by atoms with van der Waals surface area (Å²) in [5, 5.41) is 7.76. The summed E-state index contributed by atoms with van der Waals surface area (Å²) in [5.74, 6) is 0.664. The lowest BCUT2D eigenvalue weighted by atomic mass is 10.3. The average Bonchev–Trinajstić information content (AvgIpc) is 2.83. The molecule has 1 N–H and O–H groups in total. The molecule has 8 heteroatoms. The van der Waals surface area contributed by atoms with E-state index in [2.05, 4.69) is 55.4 Å². The number of aromatic nitrogens is 4. The quantitative estimate of drug-likeness (QED) is 0.587. The number of fused-ring (bicyclic) bond motifs is 1. The lowest BCUT2D eigenvalue weighted by Crippen LogP contribution is -2.26. The SMILES string of the molecule is O=C1CC(S)CN1c1ncnc2n[nH]c(I)c12. The summed E-state index contributed by atoms with van der Waals surface area (Å²) in [7, 11) is 0. The number of amides is 1. The Morgan fingerprint density at radius 1 is 1.53 bits per heavy atom. The van der Waals surface area contributed by atoms with Crippen LogP contribution in [0.2, 0.25) is 0 Å². The summed E-state index contributed by atoms with van der Waals surface area (Å²) in [6.07, 6.45) is 1.87. The Hall–Kier alpha value is -0.900. The van der Waals surface area contributed by atoms with E-state index in [0.717, 1.165) is 9.09 Å². The maximum Gasteiger partial charge on any atom is 0.229 e. The van der Waals surface area contributed by atoms with E-state index in [1.165, 1.54) is 6.33 Å². The van der Waals surface area contributed by atoms with Gasteiger partial charge in [0, 0.05) is 18.2 Å². The number of anilines is 1. The first-order chi connectivity index (χ1) is 8.16. The molecule has 1 aliphatic heterocycles. The smallest absolute Gasteiger partial charge is 0.229 e. The predicted molar refractivity (Wildman–Crippen MR) is 74.1 cm³/mol. The van der Waals surface area contributed by atoms with Crippen molar-refractivity contribution < 1.29 is 4.79 Å². The Balaban J connectivity index is 2.17. The summed E-state index contributed by atoms with van der Waals surface area (Å²) in [4.78, 5) is 21.8. The van der Waals surface area contributed by atoms with E-state index in [9.17, 15) is 4.79 Å². The van der Waals surface area contributed by atoms with E-state index in [1.54, 1.807) is 4.90 Å². The topological polar surface area (TPSA) is 74.8 Å². The molecule has 1 unspecified atom stereocenters.